The number of benzene rings is 1. The number of amides is 2. The maximum atomic E-state index is 12.6. The number of ether oxygens (including phenoxy) is 1. The van der Waals surface area contributed by atoms with Gasteiger partial charge >= 0.3 is 6.09 Å². The van der Waals surface area contributed by atoms with Gasteiger partial charge in [0.05, 0.1) is 18.7 Å². The molecular formula is C19H23ClN4O3S. The second-order valence-electron chi connectivity index (χ2n) is 6.46. The van der Waals surface area contributed by atoms with Gasteiger partial charge in [-0.2, -0.15) is 0 Å². The van der Waals surface area contributed by atoms with Crippen molar-refractivity contribution in [3.8, 4) is 0 Å². The molecule has 0 radical (unpaired) electrons. The Balaban J connectivity index is 1.52. The van der Waals surface area contributed by atoms with E-state index in [-0.39, 0.29) is 12.3 Å². The third kappa shape index (κ3) is 5.14. The van der Waals surface area contributed by atoms with Gasteiger partial charge in [0.1, 0.15) is 0 Å². The number of hydrogen-bond acceptors (Lipinski definition) is 6. The van der Waals surface area contributed by atoms with Gasteiger partial charge in [0, 0.05) is 42.3 Å². The Morgan fingerprint density at radius 2 is 2.04 bits per heavy atom. The SMILES string of the molecule is CCOC(=O)Nc1nc(CC(=O)N2CCN(c3cc(Cl)ccc3C)CC2)cs1. The first-order chi connectivity index (χ1) is 13.5. The Morgan fingerprint density at radius 3 is 2.75 bits per heavy atom. The second kappa shape index (κ2) is 9.25. The minimum absolute atomic E-state index is 0.0375. The molecule has 7 nitrogen and oxygen atoms in total. The van der Waals surface area contributed by atoms with Crippen molar-refractivity contribution in [1.82, 2.24) is 9.88 Å². The summed E-state index contributed by atoms with van der Waals surface area (Å²) in [6.45, 7) is 6.93. The fourth-order valence-electron chi connectivity index (χ4n) is 3.09. The van der Waals surface area contributed by atoms with E-state index in [1.54, 1.807) is 12.3 Å². The van der Waals surface area contributed by atoms with Crippen molar-refractivity contribution in [1.29, 1.82) is 0 Å². The van der Waals surface area contributed by atoms with Crippen molar-refractivity contribution in [2.24, 2.45) is 0 Å². The number of rotatable bonds is 5. The third-order valence-corrected chi connectivity index (χ3v) is 5.55. The number of aromatic nitrogens is 1. The maximum Gasteiger partial charge on any atom is 0.413 e. The van der Waals surface area contributed by atoms with Gasteiger partial charge in [-0.25, -0.2) is 9.78 Å². The summed E-state index contributed by atoms with van der Waals surface area (Å²) in [6, 6.07) is 5.88. The highest BCUT2D eigenvalue weighted by Crippen LogP contribution is 2.25. The van der Waals surface area contributed by atoms with Crippen LogP contribution in [0.15, 0.2) is 23.6 Å². The van der Waals surface area contributed by atoms with Gasteiger partial charge < -0.3 is 14.5 Å². The van der Waals surface area contributed by atoms with E-state index in [2.05, 4.69) is 22.1 Å². The molecule has 1 N–H and O–H groups in total. The van der Waals surface area contributed by atoms with Gasteiger partial charge in [0.25, 0.3) is 0 Å². The van der Waals surface area contributed by atoms with Gasteiger partial charge in [-0.1, -0.05) is 17.7 Å². The first kappa shape index (κ1) is 20.4. The average molecular weight is 423 g/mol. The first-order valence-electron chi connectivity index (χ1n) is 9.13. The number of halogens is 1. The van der Waals surface area contributed by atoms with Crippen LogP contribution in [0.3, 0.4) is 0 Å². The van der Waals surface area contributed by atoms with Crippen molar-refractivity contribution in [2.45, 2.75) is 20.3 Å². The van der Waals surface area contributed by atoms with E-state index in [0.29, 0.717) is 30.5 Å². The van der Waals surface area contributed by atoms with E-state index in [9.17, 15) is 9.59 Å². The zero-order valence-corrected chi connectivity index (χ0v) is 17.5. The lowest BCUT2D eigenvalue weighted by Gasteiger charge is -2.36. The molecule has 1 aliphatic heterocycles. The van der Waals surface area contributed by atoms with Crippen molar-refractivity contribution >= 4 is 45.8 Å². The molecule has 28 heavy (non-hydrogen) atoms. The minimum Gasteiger partial charge on any atom is -0.450 e. The normalized spacial score (nSPS) is 14.1. The zero-order valence-electron chi connectivity index (χ0n) is 15.9. The van der Waals surface area contributed by atoms with Crippen LogP contribution in [0, 0.1) is 6.92 Å². The predicted molar refractivity (Wildman–Crippen MR) is 111 cm³/mol. The van der Waals surface area contributed by atoms with E-state index in [0.717, 1.165) is 23.8 Å². The minimum atomic E-state index is -0.540. The fourth-order valence-corrected chi connectivity index (χ4v) is 3.95. The van der Waals surface area contributed by atoms with Crippen LogP contribution in [0.25, 0.3) is 0 Å². The fraction of sp³-hybridized carbons (Fsp3) is 0.421. The maximum absolute atomic E-state index is 12.6. The van der Waals surface area contributed by atoms with Gasteiger partial charge in [0.2, 0.25) is 5.91 Å². The molecule has 0 saturated carbocycles. The highest BCUT2D eigenvalue weighted by Gasteiger charge is 2.23. The number of nitrogens with one attached hydrogen (secondary N) is 1. The van der Waals surface area contributed by atoms with Crippen molar-refractivity contribution < 1.29 is 14.3 Å². The molecule has 1 fully saturated rings. The van der Waals surface area contributed by atoms with E-state index in [1.807, 2.05) is 23.1 Å². The third-order valence-electron chi connectivity index (χ3n) is 4.51. The number of hydrogen-bond donors (Lipinski definition) is 1. The van der Waals surface area contributed by atoms with Crippen molar-refractivity contribution in [3.05, 3.63) is 39.9 Å². The molecule has 1 aliphatic rings. The largest absolute Gasteiger partial charge is 0.450 e. The Hall–Kier alpha value is -2.32. The number of anilines is 2. The molecule has 0 aliphatic carbocycles. The lowest BCUT2D eigenvalue weighted by molar-refractivity contribution is -0.130. The molecular weight excluding hydrogens is 400 g/mol. The van der Waals surface area contributed by atoms with Crippen molar-refractivity contribution in [3.63, 3.8) is 0 Å². The Kier molecular flexibility index (Phi) is 6.74. The molecule has 1 saturated heterocycles. The van der Waals surface area contributed by atoms with Crippen LogP contribution in [-0.2, 0) is 16.0 Å². The topological polar surface area (TPSA) is 74.8 Å². The first-order valence-corrected chi connectivity index (χ1v) is 10.4. The molecule has 1 aromatic carbocycles. The number of thiazole rings is 1. The van der Waals surface area contributed by atoms with Crippen LogP contribution >= 0.6 is 22.9 Å². The smallest absolute Gasteiger partial charge is 0.413 e. The Morgan fingerprint density at radius 1 is 1.29 bits per heavy atom. The number of carbonyl (C=O) groups is 2. The number of piperazine rings is 1. The molecule has 1 aromatic heterocycles. The summed E-state index contributed by atoms with van der Waals surface area (Å²) in [5.41, 5.74) is 2.94. The van der Waals surface area contributed by atoms with Crippen molar-refractivity contribution in [2.75, 3.05) is 43.0 Å². The van der Waals surface area contributed by atoms with Crippen LogP contribution in [-0.4, -0.2) is 54.7 Å². The highest BCUT2D eigenvalue weighted by atomic mass is 35.5. The van der Waals surface area contributed by atoms with Crippen LogP contribution in [0.2, 0.25) is 5.02 Å². The molecule has 0 bridgehead atoms. The molecule has 0 unspecified atom stereocenters. The molecule has 2 aromatic rings. The molecule has 2 heterocycles. The summed E-state index contributed by atoms with van der Waals surface area (Å²) in [5, 5.41) is 5.49. The number of nitrogens with zero attached hydrogens (tertiary/aromatic N) is 3. The zero-order chi connectivity index (χ0) is 20.1. The standard InChI is InChI=1S/C19H23ClN4O3S/c1-3-27-19(26)22-18-21-15(12-28-18)11-17(25)24-8-6-23(7-9-24)16-10-14(20)5-4-13(16)2/h4-5,10,12H,3,6-9,11H2,1-2H3,(H,21,22,26). The van der Waals surface area contributed by atoms with Gasteiger partial charge in [-0.05, 0) is 31.5 Å². The lowest BCUT2D eigenvalue weighted by atomic mass is 10.1. The predicted octanol–water partition coefficient (Wildman–Crippen LogP) is 3.56. The molecule has 150 valence electrons. The Labute approximate surface area is 173 Å². The van der Waals surface area contributed by atoms with Crippen LogP contribution in [0.5, 0.6) is 0 Å². The number of aryl methyl sites for hydroxylation is 1. The quantitative estimate of drug-likeness (QED) is 0.797. The van der Waals surface area contributed by atoms with Gasteiger partial charge in [0.15, 0.2) is 5.13 Å². The Bertz CT molecular complexity index is 849. The lowest BCUT2D eigenvalue weighted by Crippen LogP contribution is -2.49. The summed E-state index contributed by atoms with van der Waals surface area (Å²) in [5.74, 6) is 0.0375. The van der Waals surface area contributed by atoms with E-state index in [1.165, 1.54) is 16.9 Å². The molecule has 2 amide bonds. The van der Waals surface area contributed by atoms with E-state index >= 15 is 0 Å². The summed E-state index contributed by atoms with van der Waals surface area (Å²) in [6.07, 6.45) is -0.320. The second-order valence-corrected chi connectivity index (χ2v) is 7.76. The van der Waals surface area contributed by atoms with Gasteiger partial charge in [-0.15, -0.1) is 11.3 Å². The van der Waals surface area contributed by atoms with Crippen LogP contribution < -0.4 is 10.2 Å². The molecule has 0 atom stereocenters. The van der Waals surface area contributed by atoms with Crippen LogP contribution in [0.1, 0.15) is 18.2 Å². The monoisotopic (exact) mass is 422 g/mol. The number of carbonyl (C=O) groups excluding carboxylic acids is 2. The molecule has 9 heteroatoms. The summed E-state index contributed by atoms with van der Waals surface area (Å²) >= 11 is 7.40. The molecule has 0 spiro atoms. The summed E-state index contributed by atoms with van der Waals surface area (Å²) in [4.78, 5) is 32.4. The van der Waals surface area contributed by atoms with E-state index < -0.39 is 6.09 Å². The van der Waals surface area contributed by atoms with Crippen LogP contribution in [0.4, 0.5) is 15.6 Å². The average Bonchev–Trinajstić information content (AvgIpc) is 3.10. The summed E-state index contributed by atoms with van der Waals surface area (Å²) < 4.78 is 4.82. The summed E-state index contributed by atoms with van der Waals surface area (Å²) in [7, 11) is 0. The van der Waals surface area contributed by atoms with E-state index in [4.69, 9.17) is 16.3 Å². The molecule has 3 rings (SSSR count). The highest BCUT2D eigenvalue weighted by molar-refractivity contribution is 7.13. The van der Waals surface area contributed by atoms with Gasteiger partial charge in [-0.3, -0.25) is 10.1 Å².